The van der Waals surface area contributed by atoms with Gasteiger partial charge in [0.05, 0.1) is 43.2 Å². The third kappa shape index (κ3) is 5.44. The van der Waals surface area contributed by atoms with E-state index in [0.717, 1.165) is 11.1 Å². The number of carbonyl (C=O) groups excluding carboxylic acids is 2. The van der Waals surface area contributed by atoms with Gasteiger partial charge in [0.25, 0.3) is 15.9 Å². The molecule has 190 valence electrons. The average molecular weight is 513 g/mol. The average Bonchev–Trinajstić information content (AvgIpc) is 2.85. The van der Waals surface area contributed by atoms with Gasteiger partial charge >= 0.3 is 5.97 Å². The normalized spacial score (nSPS) is 10.9. The van der Waals surface area contributed by atoms with Gasteiger partial charge in [-0.25, -0.2) is 13.2 Å². The summed E-state index contributed by atoms with van der Waals surface area (Å²) in [7, 11) is 0.0474. The van der Waals surface area contributed by atoms with Crippen LogP contribution in [0.1, 0.15) is 37.4 Å². The molecule has 3 rings (SSSR count). The molecule has 3 aromatic carbocycles. The van der Waals surface area contributed by atoms with Crippen molar-refractivity contribution in [3.63, 3.8) is 0 Å². The second-order valence-corrected chi connectivity index (χ2v) is 9.68. The van der Waals surface area contributed by atoms with Crippen LogP contribution in [0.15, 0.2) is 53.4 Å². The van der Waals surface area contributed by atoms with Crippen LogP contribution in [0.3, 0.4) is 0 Å². The molecule has 0 radical (unpaired) electrons. The van der Waals surface area contributed by atoms with Gasteiger partial charge in [-0.15, -0.1) is 0 Å². The number of esters is 1. The van der Waals surface area contributed by atoms with Gasteiger partial charge in [-0.2, -0.15) is 0 Å². The molecule has 3 aromatic rings. The number of methoxy groups -OCH3 is 3. The van der Waals surface area contributed by atoms with E-state index in [1.54, 1.807) is 25.1 Å². The number of hydrogen-bond donors (Lipinski definition) is 2. The molecule has 36 heavy (non-hydrogen) atoms. The molecular weight excluding hydrogens is 484 g/mol. The molecule has 1 amide bonds. The maximum absolute atomic E-state index is 13.2. The lowest BCUT2D eigenvalue weighted by atomic mass is 10.1. The Balaban J connectivity index is 1.98. The van der Waals surface area contributed by atoms with Gasteiger partial charge in [0.2, 0.25) is 0 Å². The molecular formula is C26H28N2O7S. The summed E-state index contributed by atoms with van der Waals surface area (Å²) in [6.45, 7) is 5.36. The van der Waals surface area contributed by atoms with Gasteiger partial charge in [-0.3, -0.25) is 9.52 Å². The lowest BCUT2D eigenvalue weighted by molar-refractivity contribution is 0.0601. The standard InChI is InChI=1S/C26H28N2O7S/c1-15-8-7-9-20(17(15)3)28-36(31,32)24-12-18(11-10-16(24)2)25(29)27-21-14-23(34-5)22(33-4)13-19(21)26(30)35-6/h7-14,28H,1-6H3,(H,27,29). The first-order valence-corrected chi connectivity index (χ1v) is 12.4. The summed E-state index contributed by atoms with van der Waals surface area (Å²) in [5.74, 6) is -0.769. The second kappa shape index (κ2) is 10.7. The maximum Gasteiger partial charge on any atom is 0.340 e. The zero-order chi connectivity index (χ0) is 26.6. The highest BCUT2D eigenvalue weighted by atomic mass is 32.2. The van der Waals surface area contributed by atoms with Gasteiger partial charge in [0.1, 0.15) is 0 Å². The third-order valence-corrected chi connectivity index (χ3v) is 7.27. The number of aryl methyl sites for hydroxylation is 2. The Kier molecular flexibility index (Phi) is 7.89. The van der Waals surface area contributed by atoms with E-state index in [9.17, 15) is 18.0 Å². The Morgan fingerprint density at radius 3 is 2.11 bits per heavy atom. The van der Waals surface area contributed by atoms with Gasteiger partial charge in [-0.1, -0.05) is 18.2 Å². The van der Waals surface area contributed by atoms with E-state index in [2.05, 4.69) is 10.0 Å². The molecule has 0 spiro atoms. The first kappa shape index (κ1) is 26.6. The van der Waals surface area contributed by atoms with Crippen molar-refractivity contribution in [2.24, 2.45) is 0 Å². The molecule has 0 unspecified atom stereocenters. The molecule has 2 N–H and O–H groups in total. The fourth-order valence-electron chi connectivity index (χ4n) is 3.55. The monoisotopic (exact) mass is 512 g/mol. The van der Waals surface area contributed by atoms with Crippen LogP contribution in [0.2, 0.25) is 0 Å². The molecule has 0 atom stereocenters. The number of carbonyl (C=O) groups is 2. The second-order valence-electron chi connectivity index (χ2n) is 8.03. The minimum absolute atomic E-state index is 0.0417. The highest BCUT2D eigenvalue weighted by Crippen LogP contribution is 2.34. The van der Waals surface area contributed by atoms with Crippen molar-refractivity contribution in [1.82, 2.24) is 0 Å². The fourth-order valence-corrected chi connectivity index (χ4v) is 4.94. The van der Waals surface area contributed by atoms with Crippen molar-refractivity contribution in [2.45, 2.75) is 25.7 Å². The molecule has 10 heteroatoms. The van der Waals surface area contributed by atoms with Crippen LogP contribution in [0.5, 0.6) is 11.5 Å². The minimum Gasteiger partial charge on any atom is -0.493 e. The number of hydrogen-bond acceptors (Lipinski definition) is 7. The van der Waals surface area contributed by atoms with Crippen LogP contribution in [0.4, 0.5) is 11.4 Å². The van der Waals surface area contributed by atoms with Crippen molar-refractivity contribution in [1.29, 1.82) is 0 Å². The van der Waals surface area contributed by atoms with Crippen molar-refractivity contribution >= 4 is 33.3 Å². The quantitative estimate of drug-likeness (QED) is 0.427. The minimum atomic E-state index is -4.00. The third-order valence-electron chi connectivity index (χ3n) is 5.77. The van der Waals surface area contributed by atoms with E-state index in [1.165, 1.54) is 45.6 Å². The summed E-state index contributed by atoms with van der Waals surface area (Å²) >= 11 is 0. The number of sulfonamides is 1. The summed E-state index contributed by atoms with van der Waals surface area (Å²) in [5.41, 5.74) is 2.89. The van der Waals surface area contributed by atoms with Crippen LogP contribution in [-0.4, -0.2) is 41.6 Å². The lowest BCUT2D eigenvalue weighted by Crippen LogP contribution is -2.19. The lowest BCUT2D eigenvalue weighted by Gasteiger charge is -2.16. The van der Waals surface area contributed by atoms with Crippen LogP contribution in [0.25, 0.3) is 0 Å². The fraction of sp³-hybridized carbons (Fsp3) is 0.231. The highest BCUT2D eigenvalue weighted by molar-refractivity contribution is 7.92. The van der Waals surface area contributed by atoms with E-state index >= 15 is 0 Å². The zero-order valence-electron chi connectivity index (χ0n) is 20.9. The molecule has 0 fully saturated rings. The van der Waals surface area contributed by atoms with Crippen molar-refractivity contribution in [3.05, 3.63) is 76.3 Å². The van der Waals surface area contributed by atoms with Crippen LogP contribution < -0.4 is 19.5 Å². The Morgan fingerprint density at radius 1 is 0.806 bits per heavy atom. The first-order valence-electron chi connectivity index (χ1n) is 10.9. The predicted molar refractivity (Wildman–Crippen MR) is 137 cm³/mol. The van der Waals surface area contributed by atoms with Crippen molar-refractivity contribution in [3.8, 4) is 11.5 Å². The molecule has 0 bridgehead atoms. The summed E-state index contributed by atoms with van der Waals surface area (Å²) in [6, 6.07) is 12.5. The largest absolute Gasteiger partial charge is 0.493 e. The molecule has 0 aliphatic rings. The number of benzene rings is 3. The van der Waals surface area contributed by atoms with E-state index in [-0.39, 0.29) is 33.2 Å². The topological polar surface area (TPSA) is 120 Å². The summed E-state index contributed by atoms with van der Waals surface area (Å²) < 4.78 is 44.4. The molecule has 0 saturated carbocycles. The van der Waals surface area contributed by atoms with Crippen molar-refractivity contribution < 1.29 is 32.2 Å². The van der Waals surface area contributed by atoms with E-state index in [1.807, 2.05) is 19.9 Å². The Labute approximate surface area is 210 Å². The highest BCUT2D eigenvalue weighted by Gasteiger charge is 2.23. The van der Waals surface area contributed by atoms with Crippen LogP contribution >= 0.6 is 0 Å². The number of amides is 1. The Bertz CT molecular complexity index is 1430. The SMILES string of the molecule is COC(=O)c1cc(OC)c(OC)cc1NC(=O)c1ccc(C)c(S(=O)(=O)Nc2cccc(C)c2C)c1. The number of rotatable bonds is 8. The smallest absolute Gasteiger partial charge is 0.340 e. The number of anilines is 2. The van der Waals surface area contributed by atoms with Crippen molar-refractivity contribution in [2.75, 3.05) is 31.4 Å². The Hall–Kier alpha value is -4.05. The van der Waals surface area contributed by atoms with E-state index in [0.29, 0.717) is 11.3 Å². The van der Waals surface area contributed by atoms with Crippen LogP contribution in [0, 0.1) is 20.8 Å². The van der Waals surface area contributed by atoms with Gasteiger partial charge in [0.15, 0.2) is 11.5 Å². The van der Waals surface area contributed by atoms with Gasteiger partial charge < -0.3 is 19.5 Å². The zero-order valence-corrected chi connectivity index (χ0v) is 21.7. The molecule has 0 aromatic heterocycles. The summed E-state index contributed by atoms with van der Waals surface area (Å²) in [5, 5.41) is 2.64. The summed E-state index contributed by atoms with van der Waals surface area (Å²) in [6.07, 6.45) is 0. The molecule has 0 aliphatic heterocycles. The van der Waals surface area contributed by atoms with Crippen LogP contribution in [-0.2, 0) is 14.8 Å². The van der Waals surface area contributed by atoms with E-state index in [4.69, 9.17) is 14.2 Å². The molecule has 0 aliphatic carbocycles. The van der Waals surface area contributed by atoms with Gasteiger partial charge in [0, 0.05) is 17.7 Å². The molecule has 9 nitrogen and oxygen atoms in total. The van der Waals surface area contributed by atoms with E-state index < -0.39 is 21.9 Å². The maximum atomic E-state index is 13.2. The molecule has 0 saturated heterocycles. The van der Waals surface area contributed by atoms with Gasteiger partial charge in [-0.05, 0) is 55.7 Å². The summed E-state index contributed by atoms with van der Waals surface area (Å²) in [4.78, 5) is 25.4. The number of nitrogens with one attached hydrogen (secondary N) is 2. The number of ether oxygens (including phenoxy) is 3. The predicted octanol–water partition coefficient (Wildman–Crippen LogP) is 4.47. The molecule has 0 heterocycles. The first-order chi connectivity index (χ1) is 17.0. The Morgan fingerprint density at radius 2 is 1.47 bits per heavy atom.